The van der Waals surface area contributed by atoms with Crippen molar-refractivity contribution in [1.29, 1.82) is 0 Å². The molecule has 1 aliphatic rings. The Morgan fingerprint density at radius 3 is 2.32 bits per heavy atom. The first-order valence-corrected chi connectivity index (χ1v) is 12.8. The summed E-state index contributed by atoms with van der Waals surface area (Å²) in [6.45, 7) is 9.44. The van der Waals surface area contributed by atoms with Gasteiger partial charge in [0, 0.05) is 6.92 Å². The number of ether oxygens (including phenoxy) is 3. The first-order valence-electron chi connectivity index (χ1n) is 12.0. The summed E-state index contributed by atoms with van der Waals surface area (Å²) in [5, 5.41) is 0. The van der Waals surface area contributed by atoms with Crippen LogP contribution in [0.25, 0.3) is 6.08 Å². The van der Waals surface area contributed by atoms with Gasteiger partial charge in [-0.25, -0.2) is 9.79 Å². The number of hydrogen-bond donors (Lipinski definition) is 0. The van der Waals surface area contributed by atoms with Crippen LogP contribution in [0.3, 0.4) is 0 Å². The van der Waals surface area contributed by atoms with Gasteiger partial charge in [-0.1, -0.05) is 62.4 Å². The van der Waals surface area contributed by atoms with Gasteiger partial charge in [-0.05, 0) is 47.2 Å². The monoisotopic (exact) mass is 534 g/mol. The molecule has 0 N–H and O–H groups in total. The number of methoxy groups -OCH3 is 2. The quantitative estimate of drug-likeness (QED) is 0.366. The van der Waals surface area contributed by atoms with E-state index in [1.54, 1.807) is 35.8 Å². The zero-order chi connectivity index (χ0) is 27.8. The molecule has 0 saturated heterocycles. The molecule has 1 aliphatic heterocycles. The SMILES string of the molecule is COC(=O)C1=C(C)N=c2s/c(=C\c3ccc(OC(C)=O)c(OC)c3)c(=O)n2[C@H]1c1ccc(C(C)(C)C)cc1. The Labute approximate surface area is 224 Å². The molecule has 0 saturated carbocycles. The zero-order valence-corrected chi connectivity index (χ0v) is 23.3. The molecule has 0 spiro atoms. The highest BCUT2D eigenvalue weighted by Gasteiger charge is 2.33. The highest BCUT2D eigenvalue weighted by Crippen LogP contribution is 2.32. The molecule has 8 nitrogen and oxygen atoms in total. The lowest BCUT2D eigenvalue weighted by Crippen LogP contribution is -2.39. The van der Waals surface area contributed by atoms with E-state index in [0.29, 0.717) is 31.9 Å². The molecule has 0 amide bonds. The number of allylic oxidation sites excluding steroid dienone is 1. The summed E-state index contributed by atoms with van der Waals surface area (Å²) in [5.41, 5.74) is 3.10. The number of hydrogen-bond acceptors (Lipinski definition) is 8. The Balaban J connectivity index is 1.89. The van der Waals surface area contributed by atoms with E-state index in [4.69, 9.17) is 14.2 Å². The van der Waals surface area contributed by atoms with Gasteiger partial charge in [-0.2, -0.15) is 0 Å². The van der Waals surface area contributed by atoms with Gasteiger partial charge in [0.2, 0.25) is 0 Å². The standard InChI is InChI=1S/C29H30N2O6S/c1-16-24(27(34)36-7)25(19-9-11-20(12-10-19)29(3,4)5)31-26(33)23(38-28(31)30-16)15-18-8-13-21(37-17(2)32)22(14-18)35-6/h8-15,25H,1-7H3/b23-15-/t25-/m0/s1. The Hall–Kier alpha value is -3.98. The summed E-state index contributed by atoms with van der Waals surface area (Å²) in [7, 11) is 2.79. The largest absolute Gasteiger partial charge is 0.493 e. The topological polar surface area (TPSA) is 96.2 Å². The molecule has 2 heterocycles. The van der Waals surface area contributed by atoms with E-state index in [2.05, 4.69) is 25.8 Å². The van der Waals surface area contributed by atoms with Crippen LogP contribution in [0.4, 0.5) is 0 Å². The molecule has 1 aromatic heterocycles. The summed E-state index contributed by atoms with van der Waals surface area (Å²) in [6, 6.07) is 12.3. The van der Waals surface area contributed by atoms with Crippen LogP contribution in [0, 0.1) is 0 Å². The zero-order valence-electron chi connectivity index (χ0n) is 22.4. The lowest BCUT2D eigenvalue weighted by atomic mass is 9.85. The van der Waals surface area contributed by atoms with Crippen LogP contribution in [-0.4, -0.2) is 30.7 Å². The summed E-state index contributed by atoms with van der Waals surface area (Å²) in [5.74, 6) is -0.342. The maximum atomic E-state index is 13.8. The van der Waals surface area contributed by atoms with E-state index in [9.17, 15) is 14.4 Å². The molecule has 4 rings (SSSR count). The van der Waals surface area contributed by atoms with Gasteiger partial charge >= 0.3 is 11.9 Å². The highest BCUT2D eigenvalue weighted by molar-refractivity contribution is 7.07. The minimum absolute atomic E-state index is 0.0457. The van der Waals surface area contributed by atoms with Crippen LogP contribution < -0.4 is 24.4 Å². The maximum Gasteiger partial charge on any atom is 0.338 e. The molecule has 3 aromatic rings. The van der Waals surface area contributed by atoms with Gasteiger partial charge in [0.15, 0.2) is 16.3 Å². The van der Waals surface area contributed by atoms with Crippen molar-refractivity contribution in [1.82, 2.24) is 4.57 Å². The Morgan fingerprint density at radius 2 is 1.74 bits per heavy atom. The first-order chi connectivity index (χ1) is 17.9. The van der Waals surface area contributed by atoms with Crippen molar-refractivity contribution in [3.63, 3.8) is 0 Å². The fourth-order valence-electron chi connectivity index (χ4n) is 4.34. The van der Waals surface area contributed by atoms with Crippen molar-refractivity contribution in [2.45, 2.75) is 46.1 Å². The van der Waals surface area contributed by atoms with Crippen molar-refractivity contribution in [2.24, 2.45) is 4.99 Å². The van der Waals surface area contributed by atoms with Crippen LogP contribution >= 0.6 is 11.3 Å². The second-order valence-electron chi connectivity index (χ2n) is 9.95. The fraction of sp³-hybridized carbons (Fsp3) is 0.310. The Bertz CT molecular complexity index is 1620. The second kappa shape index (κ2) is 10.4. The highest BCUT2D eigenvalue weighted by atomic mass is 32.1. The smallest absolute Gasteiger partial charge is 0.338 e. The van der Waals surface area contributed by atoms with E-state index in [0.717, 1.165) is 11.1 Å². The molecule has 0 fully saturated rings. The van der Waals surface area contributed by atoms with E-state index in [-0.39, 0.29) is 16.7 Å². The van der Waals surface area contributed by atoms with E-state index in [1.165, 1.54) is 32.5 Å². The summed E-state index contributed by atoms with van der Waals surface area (Å²) in [6.07, 6.45) is 1.72. The van der Waals surface area contributed by atoms with Crippen molar-refractivity contribution in [2.75, 3.05) is 14.2 Å². The maximum absolute atomic E-state index is 13.8. The van der Waals surface area contributed by atoms with Crippen molar-refractivity contribution in [3.8, 4) is 11.5 Å². The minimum atomic E-state index is -0.684. The van der Waals surface area contributed by atoms with Gasteiger partial charge in [0.25, 0.3) is 5.56 Å². The van der Waals surface area contributed by atoms with E-state index < -0.39 is 18.0 Å². The van der Waals surface area contributed by atoms with Gasteiger partial charge in [-0.3, -0.25) is 14.2 Å². The summed E-state index contributed by atoms with van der Waals surface area (Å²) >= 11 is 1.23. The van der Waals surface area contributed by atoms with Crippen LogP contribution in [0.5, 0.6) is 11.5 Å². The number of benzene rings is 2. The molecule has 0 unspecified atom stereocenters. The summed E-state index contributed by atoms with van der Waals surface area (Å²) < 4.78 is 17.6. The van der Waals surface area contributed by atoms with E-state index in [1.807, 2.05) is 24.3 Å². The molecule has 0 bridgehead atoms. The normalized spacial score (nSPS) is 15.6. The lowest BCUT2D eigenvalue weighted by molar-refractivity contribution is -0.136. The van der Waals surface area contributed by atoms with Crippen molar-refractivity contribution >= 4 is 29.4 Å². The number of thiazole rings is 1. The van der Waals surface area contributed by atoms with Gasteiger partial charge in [0.05, 0.1) is 36.1 Å². The van der Waals surface area contributed by atoms with E-state index >= 15 is 0 Å². The fourth-order valence-corrected chi connectivity index (χ4v) is 5.38. The molecule has 9 heteroatoms. The third kappa shape index (κ3) is 5.19. The van der Waals surface area contributed by atoms with Crippen molar-refractivity contribution < 1.29 is 23.8 Å². The van der Waals surface area contributed by atoms with Crippen LogP contribution in [0.1, 0.15) is 57.4 Å². The van der Waals surface area contributed by atoms with Crippen molar-refractivity contribution in [3.05, 3.63) is 90.1 Å². The van der Waals surface area contributed by atoms with Crippen LogP contribution in [-0.2, 0) is 19.7 Å². The molecule has 1 atom stereocenters. The molecular formula is C29H30N2O6S. The number of aromatic nitrogens is 1. The van der Waals surface area contributed by atoms with Gasteiger partial charge in [0.1, 0.15) is 0 Å². The average Bonchev–Trinajstić information content (AvgIpc) is 3.17. The predicted octanol–water partition coefficient (Wildman–Crippen LogP) is 3.64. The number of fused-ring (bicyclic) bond motifs is 1. The number of rotatable bonds is 5. The summed E-state index contributed by atoms with van der Waals surface area (Å²) in [4.78, 5) is 43.1. The molecule has 2 aromatic carbocycles. The van der Waals surface area contributed by atoms with Crippen LogP contribution in [0.2, 0.25) is 0 Å². The first kappa shape index (κ1) is 27.1. The number of esters is 2. The average molecular weight is 535 g/mol. The Morgan fingerprint density at radius 1 is 1.05 bits per heavy atom. The van der Waals surface area contributed by atoms with Crippen LogP contribution in [0.15, 0.2) is 63.5 Å². The molecule has 198 valence electrons. The second-order valence-corrected chi connectivity index (χ2v) is 11.0. The minimum Gasteiger partial charge on any atom is -0.493 e. The number of nitrogens with zero attached hydrogens (tertiary/aromatic N) is 2. The third-order valence-corrected chi connectivity index (χ3v) is 7.24. The number of carbonyl (C=O) groups excluding carboxylic acids is 2. The third-order valence-electron chi connectivity index (χ3n) is 6.26. The lowest BCUT2D eigenvalue weighted by Gasteiger charge is -2.25. The predicted molar refractivity (Wildman–Crippen MR) is 145 cm³/mol. The Kier molecular flexibility index (Phi) is 7.42. The molecular weight excluding hydrogens is 504 g/mol. The van der Waals surface area contributed by atoms with Gasteiger partial charge < -0.3 is 14.2 Å². The molecule has 38 heavy (non-hydrogen) atoms. The van der Waals surface area contributed by atoms with Gasteiger partial charge in [-0.15, -0.1) is 0 Å². The molecule has 0 radical (unpaired) electrons. The molecule has 0 aliphatic carbocycles. The number of carbonyl (C=O) groups is 2.